The van der Waals surface area contributed by atoms with Gasteiger partial charge >= 0.3 is 5.97 Å². The van der Waals surface area contributed by atoms with E-state index in [1.807, 2.05) is 6.07 Å². The van der Waals surface area contributed by atoms with E-state index in [-0.39, 0.29) is 30.3 Å². The number of hydrogen-bond acceptors (Lipinski definition) is 8. The van der Waals surface area contributed by atoms with E-state index in [0.29, 0.717) is 24.7 Å². The van der Waals surface area contributed by atoms with Crippen molar-refractivity contribution in [1.82, 2.24) is 10.6 Å². The van der Waals surface area contributed by atoms with E-state index in [1.54, 1.807) is 19.1 Å². The minimum Gasteiger partial charge on any atom is -0.486 e. The normalized spacial score (nSPS) is 12.9. The number of nitro groups is 1. The summed E-state index contributed by atoms with van der Waals surface area (Å²) in [6, 6.07) is 10.1. The van der Waals surface area contributed by atoms with Crippen LogP contribution in [0.1, 0.15) is 35.3 Å². The Morgan fingerprint density at radius 3 is 2.48 bits per heavy atom. The highest BCUT2D eigenvalue weighted by Gasteiger charge is 2.17. The van der Waals surface area contributed by atoms with Gasteiger partial charge in [0.25, 0.3) is 17.5 Å². The van der Waals surface area contributed by atoms with Crippen LogP contribution in [0, 0.1) is 10.1 Å². The summed E-state index contributed by atoms with van der Waals surface area (Å²) in [5.74, 6) is -0.342. The quantitative estimate of drug-likeness (QED) is 0.330. The Kier molecular flexibility index (Phi) is 7.79. The minimum absolute atomic E-state index is 0.0100. The summed E-state index contributed by atoms with van der Waals surface area (Å²) in [6.45, 7) is 2.28. The average molecular weight is 457 g/mol. The Hall–Kier alpha value is -4.15. The predicted octanol–water partition coefficient (Wildman–Crippen LogP) is 1.91. The molecule has 11 heteroatoms. The monoisotopic (exact) mass is 457 g/mol. The lowest BCUT2D eigenvalue weighted by Crippen LogP contribution is -2.32. The number of amides is 2. The van der Waals surface area contributed by atoms with Crippen LogP contribution in [0.5, 0.6) is 11.5 Å². The van der Waals surface area contributed by atoms with Gasteiger partial charge in [0, 0.05) is 24.2 Å². The zero-order valence-corrected chi connectivity index (χ0v) is 17.9. The molecular formula is C22H23N3O8. The van der Waals surface area contributed by atoms with Crippen molar-refractivity contribution in [3.8, 4) is 11.5 Å². The summed E-state index contributed by atoms with van der Waals surface area (Å²) in [5.41, 5.74) is 0.908. The predicted molar refractivity (Wildman–Crippen MR) is 115 cm³/mol. The van der Waals surface area contributed by atoms with E-state index in [2.05, 4.69) is 10.6 Å². The van der Waals surface area contributed by atoms with Gasteiger partial charge in [-0.1, -0.05) is 6.07 Å². The second-order valence-corrected chi connectivity index (χ2v) is 7.16. The molecular weight excluding hydrogens is 434 g/mol. The van der Waals surface area contributed by atoms with Gasteiger partial charge in [-0.2, -0.15) is 0 Å². The molecule has 0 spiro atoms. The Balaban J connectivity index is 1.36. The molecule has 2 amide bonds. The number of benzene rings is 2. The number of fused-ring (bicyclic) bond motifs is 1. The minimum atomic E-state index is -0.652. The van der Waals surface area contributed by atoms with Gasteiger partial charge in [0.1, 0.15) is 13.2 Å². The third-order valence-corrected chi connectivity index (χ3v) is 4.76. The van der Waals surface area contributed by atoms with E-state index in [0.717, 1.165) is 5.56 Å². The molecule has 1 atom stereocenters. The number of esters is 1. The highest BCUT2D eigenvalue weighted by Crippen LogP contribution is 2.32. The highest BCUT2D eigenvalue weighted by atomic mass is 16.6. The molecule has 0 aromatic heterocycles. The number of carbonyl (C=O) groups excluding carboxylic acids is 3. The molecule has 2 aromatic carbocycles. The smallest absolute Gasteiger partial charge is 0.308 e. The lowest BCUT2D eigenvalue weighted by atomic mass is 10.1. The van der Waals surface area contributed by atoms with Crippen LogP contribution >= 0.6 is 0 Å². The van der Waals surface area contributed by atoms with E-state index >= 15 is 0 Å². The van der Waals surface area contributed by atoms with Crippen molar-refractivity contribution in [3.05, 3.63) is 63.7 Å². The maximum atomic E-state index is 12.1. The van der Waals surface area contributed by atoms with Gasteiger partial charge in [-0.3, -0.25) is 24.5 Å². The summed E-state index contributed by atoms with van der Waals surface area (Å²) in [4.78, 5) is 46.0. The molecule has 0 bridgehead atoms. The first-order chi connectivity index (χ1) is 15.8. The summed E-state index contributed by atoms with van der Waals surface area (Å²) in [6.07, 6.45) is -0.135. The van der Waals surface area contributed by atoms with Crippen LogP contribution in [-0.2, 0) is 14.3 Å². The van der Waals surface area contributed by atoms with Crippen molar-refractivity contribution in [2.75, 3.05) is 26.4 Å². The summed E-state index contributed by atoms with van der Waals surface area (Å²) in [7, 11) is 0. The standard InChI is InChI=1S/C22H23N3O8/c1-14(16-4-7-18-19(12-16)32-11-10-31-18)24-20(26)13-33-21(27)8-9-23-22(28)15-2-5-17(6-3-15)25(29)30/h2-7,12,14H,8-11,13H2,1H3,(H,23,28)(H,24,26). The summed E-state index contributed by atoms with van der Waals surface area (Å²) >= 11 is 0. The Labute approximate surface area is 189 Å². The fourth-order valence-electron chi connectivity index (χ4n) is 3.03. The molecule has 0 aliphatic carbocycles. The molecule has 2 N–H and O–H groups in total. The third kappa shape index (κ3) is 6.66. The van der Waals surface area contributed by atoms with Crippen LogP contribution in [0.3, 0.4) is 0 Å². The number of non-ortho nitro benzene ring substituents is 1. The molecule has 174 valence electrons. The van der Waals surface area contributed by atoms with Crippen LogP contribution in [0.15, 0.2) is 42.5 Å². The Morgan fingerprint density at radius 2 is 1.79 bits per heavy atom. The molecule has 33 heavy (non-hydrogen) atoms. The lowest BCUT2D eigenvalue weighted by molar-refractivity contribution is -0.384. The molecule has 2 aromatic rings. The van der Waals surface area contributed by atoms with Crippen molar-refractivity contribution in [2.45, 2.75) is 19.4 Å². The summed E-state index contributed by atoms with van der Waals surface area (Å²) < 4.78 is 15.9. The van der Waals surface area contributed by atoms with Gasteiger partial charge in [0.2, 0.25) is 0 Å². The number of nitrogens with one attached hydrogen (secondary N) is 2. The molecule has 0 saturated carbocycles. The second-order valence-electron chi connectivity index (χ2n) is 7.16. The first-order valence-electron chi connectivity index (χ1n) is 10.2. The highest BCUT2D eigenvalue weighted by molar-refractivity contribution is 5.94. The van der Waals surface area contributed by atoms with Crippen molar-refractivity contribution in [2.24, 2.45) is 0 Å². The first-order valence-corrected chi connectivity index (χ1v) is 10.2. The molecule has 1 aliphatic heterocycles. The SMILES string of the molecule is CC(NC(=O)COC(=O)CCNC(=O)c1ccc([N+](=O)[O-])cc1)c1ccc2c(c1)OCCO2. The number of nitrogens with zero attached hydrogens (tertiary/aromatic N) is 1. The molecule has 3 rings (SSSR count). The van der Waals surface area contributed by atoms with E-state index < -0.39 is 29.3 Å². The fraction of sp³-hybridized carbons (Fsp3) is 0.318. The largest absolute Gasteiger partial charge is 0.486 e. The number of ether oxygens (including phenoxy) is 3. The Morgan fingerprint density at radius 1 is 1.09 bits per heavy atom. The maximum Gasteiger partial charge on any atom is 0.308 e. The van der Waals surface area contributed by atoms with Crippen LogP contribution < -0.4 is 20.1 Å². The molecule has 1 aliphatic rings. The number of nitro benzene ring substituents is 1. The molecule has 0 saturated heterocycles. The van der Waals surface area contributed by atoms with Crippen molar-refractivity contribution < 1.29 is 33.5 Å². The van der Waals surface area contributed by atoms with Gasteiger partial charge in [-0.25, -0.2) is 0 Å². The lowest BCUT2D eigenvalue weighted by Gasteiger charge is -2.21. The molecule has 11 nitrogen and oxygen atoms in total. The molecule has 1 heterocycles. The van der Waals surface area contributed by atoms with Crippen LogP contribution in [0.25, 0.3) is 0 Å². The first kappa shape index (κ1) is 23.5. The van der Waals surface area contributed by atoms with E-state index in [9.17, 15) is 24.5 Å². The zero-order valence-electron chi connectivity index (χ0n) is 17.9. The molecule has 0 radical (unpaired) electrons. The third-order valence-electron chi connectivity index (χ3n) is 4.76. The second kappa shape index (κ2) is 10.9. The van der Waals surface area contributed by atoms with E-state index in [1.165, 1.54) is 24.3 Å². The van der Waals surface area contributed by atoms with Crippen molar-refractivity contribution >= 4 is 23.5 Å². The van der Waals surface area contributed by atoms with Crippen LogP contribution in [0.2, 0.25) is 0 Å². The summed E-state index contributed by atoms with van der Waals surface area (Å²) in [5, 5.41) is 15.9. The van der Waals surface area contributed by atoms with Gasteiger partial charge in [0.15, 0.2) is 18.1 Å². The topological polar surface area (TPSA) is 146 Å². The van der Waals surface area contributed by atoms with E-state index in [4.69, 9.17) is 14.2 Å². The van der Waals surface area contributed by atoms with Gasteiger partial charge in [-0.15, -0.1) is 0 Å². The Bertz CT molecular complexity index is 1040. The van der Waals surface area contributed by atoms with Crippen LogP contribution in [-0.4, -0.2) is 49.1 Å². The van der Waals surface area contributed by atoms with Gasteiger partial charge in [-0.05, 0) is 36.8 Å². The fourth-order valence-corrected chi connectivity index (χ4v) is 3.03. The average Bonchev–Trinajstić information content (AvgIpc) is 2.82. The van der Waals surface area contributed by atoms with Crippen LogP contribution in [0.4, 0.5) is 5.69 Å². The number of carbonyl (C=O) groups is 3. The number of rotatable bonds is 9. The van der Waals surface area contributed by atoms with Crippen molar-refractivity contribution in [1.29, 1.82) is 0 Å². The molecule has 1 unspecified atom stereocenters. The zero-order chi connectivity index (χ0) is 23.8. The maximum absolute atomic E-state index is 12.1. The van der Waals surface area contributed by atoms with Gasteiger partial charge < -0.3 is 24.8 Å². The molecule has 0 fully saturated rings. The number of hydrogen-bond donors (Lipinski definition) is 2. The van der Waals surface area contributed by atoms with Crippen molar-refractivity contribution in [3.63, 3.8) is 0 Å². The van der Waals surface area contributed by atoms with Gasteiger partial charge in [0.05, 0.1) is 17.4 Å².